The van der Waals surface area contributed by atoms with Crippen LogP contribution in [0, 0.1) is 6.92 Å². The lowest BCUT2D eigenvalue weighted by atomic mass is 10.2. The van der Waals surface area contributed by atoms with Gasteiger partial charge in [0.2, 0.25) is 15.9 Å². The summed E-state index contributed by atoms with van der Waals surface area (Å²) in [5, 5.41) is 0.552. The van der Waals surface area contributed by atoms with Crippen LogP contribution in [0.2, 0.25) is 5.02 Å². The lowest BCUT2D eigenvalue weighted by Crippen LogP contribution is -2.53. The average molecular weight is 416 g/mol. The van der Waals surface area contributed by atoms with Crippen molar-refractivity contribution in [3.8, 4) is 0 Å². The molecule has 0 aromatic heterocycles. The molecular formula is C18H26ClN3O4S. The molecule has 7 nitrogen and oxygen atoms in total. The van der Waals surface area contributed by atoms with Gasteiger partial charge in [-0.05, 0) is 37.1 Å². The number of halogens is 1. The first-order chi connectivity index (χ1) is 12.8. The van der Waals surface area contributed by atoms with Gasteiger partial charge in [-0.3, -0.25) is 9.69 Å². The Balaban J connectivity index is 1.62. The van der Waals surface area contributed by atoms with Gasteiger partial charge in [0.05, 0.1) is 17.5 Å². The fraction of sp³-hybridized carbons (Fsp3) is 0.611. The van der Waals surface area contributed by atoms with Crippen LogP contribution < -0.4 is 0 Å². The second-order valence-corrected chi connectivity index (χ2v) is 9.32. The second-order valence-electron chi connectivity index (χ2n) is 6.97. The van der Waals surface area contributed by atoms with Gasteiger partial charge in [0.25, 0.3) is 0 Å². The maximum Gasteiger partial charge on any atom is 0.243 e. The lowest BCUT2D eigenvalue weighted by Gasteiger charge is -2.36. The van der Waals surface area contributed by atoms with Crippen molar-refractivity contribution in [3.05, 3.63) is 28.8 Å². The van der Waals surface area contributed by atoms with E-state index in [0.717, 1.165) is 18.5 Å². The highest BCUT2D eigenvalue weighted by Crippen LogP contribution is 2.25. The molecular weight excluding hydrogens is 390 g/mol. The molecule has 0 bridgehead atoms. The fourth-order valence-corrected chi connectivity index (χ4v) is 5.29. The summed E-state index contributed by atoms with van der Waals surface area (Å²) in [7, 11) is -1.92. The van der Waals surface area contributed by atoms with Crippen LogP contribution in [0.5, 0.6) is 0 Å². The van der Waals surface area contributed by atoms with Gasteiger partial charge >= 0.3 is 0 Å². The van der Waals surface area contributed by atoms with Gasteiger partial charge in [0.15, 0.2) is 0 Å². The number of hydrogen-bond acceptors (Lipinski definition) is 5. The molecule has 1 aromatic rings. The molecule has 150 valence electrons. The van der Waals surface area contributed by atoms with E-state index in [-0.39, 0.29) is 16.8 Å². The predicted molar refractivity (Wildman–Crippen MR) is 103 cm³/mol. The number of amides is 1. The van der Waals surface area contributed by atoms with Crippen LogP contribution in [0.4, 0.5) is 0 Å². The summed E-state index contributed by atoms with van der Waals surface area (Å²) in [6.07, 6.45) is 0.783. The molecule has 2 fully saturated rings. The summed E-state index contributed by atoms with van der Waals surface area (Å²) in [6.45, 7) is 5.54. The zero-order chi connectivity index (χ0) is 19.6. The SMILES string of the molecule is COCCN1CCC(N2CCN(S(=O)(=O)c3ccc(Cl)c(C)c3)CC2)C1=O. The van der Waals surface area contributed by atoms with Gasteiger partial charge in [-0.15, -0.1) is 0 Å². The van der Waals surface area contributed by atoms with Crippen molar-refractivity contribution in [2.45, 2.75) is 24.3 Å². The Bertz CT molecular complexity index is 794. The molecule has 27 heavy (non-hydrogen) atoms. The highest BCUT2D eigenvalue weighted by atomic mass is 35.5. The van der Waals surface area contributed by atoms with Gasteiger partial charge in [0.1, 0.15) is 0 Å². The molecule has 1 unspecified atom stereocenters. The van der Waals surface area contributed by atoms with Crippen molar-refractivity contribution < 1.29 is 17.9 Å². The molecule has 0 saturated carbocycles. The number of aryl methyl sites for hydroxylation is 1. The minimum absolute atomic E-state index is 0.122. The summed E-state index contributed by atoms with van der Waals surface area (Å²) in [6, 6.07) is 4.62. The molecule has 0 aliphatic carbocycles. The Labute approximate surface area is 165 Å². The van der Waals surface area contributed by atoms with Crippen molar-refractivity contribution >= 4 is 27.5 Å². The van der Waals surface area contributed by atoms with Gasteiger partial charge < -0.3 is 9.64 Å². The molecule has 2 aliphatic rings. The highest BCUT2D eigenvalue weighted by Gasteiger charge is 2.38. The van der Waals surface area contributed by atoms with E-state index in [2.05, 4.69) is 4.90 Å². The second kappa shape index (κ2) is 8.45. The van der Waals surface area contributed by atoms with Crippen LogP contribution in [-0.4, -0.2) is 87.5 Å². The van der Waals surface area contributed by atoms with E-state index in [4.69, 9.17) is 16.3 Å². The Kier molecular flexibility index (Phi) is 6.43. The average Bonchev–Trinajstić information content (AvgIpc) is 3.02. The third-order valence-corrected chi connectivity index (χ3v) is 7.63. The van der Waals surface area contributed by atoms with Crippen LogP contribution in [0.1, 0.15) is 12.0 Å². The van der Waals surface area contributed by atoms with Crippen molar-refractivity contribution in [3.63, 3.8) is 0 Å². The van der Waals surface area contributed by atoms with E-state index in [1.165, 1.54) is 4.31 Å². The van der Waals surface area contributed by atoms with Crippen molar-refractivity contribution in [1.29, 1.82) is 0 Å². The number of carbonyl (C=O) groups excluding carboxylic acids is 1. The number of carbonyl (C=O) groups is 1. The van der Waals surface area contributed by atoms with E-state index in [0.29, 0.717) is 44.4 Å². The van der Waals surface area contributed by atoms with Crippen LogP contribution in [0.25, 0.3) is 0 Å². The van der Waals surface area contributed by atoms with Gasteiger partial charge in [-0.1, -0.05) is 11.6 Å². The van der Waals surface area contributed by atoms with Crippen molar-refractivity contribution in [2.24, 2.45) is 0 Å². The number of ether oxygens (including phenoxy) is 1. The van der Waals surface area contributed by atoms with E-state index in [1.54, 1.807) is 32.2 Å². The third kappa shape index (κ3) is 4.30. The molecule has 3 rings (SSSR count). The third-order valence-electron chi connectivity index (χ3n) is 5.32. The van der Waals surface area contributed by atoms with E-state index in [9.17, 15) is 13.2 Å². The topological polar surface area (TPSA) is 70.2 Å². The first kappa shape index (κ1) is 20.5. The smallest absolute Gasteiger partial charge is 0.243 e. The Morgan fingerprint density at radius 1 is 1.19 bits per heavy atom. The Hall–Kier alpha value is -1.19. The molecule has 9 heteroatoms. The molecule has 1 atom stereocenters. The fourth-order valence-electron chi connectivity index (χ4n) is 3.67. The maximum absolute atomic E-state index is 12.9. The first-order valence-corrected chi connectivity index (χ1v) is 10.9. The van der Waals surface area contributed by atoms with Crippen LogP contribution in [0.15, 0.2) is 23.1 Å². The molecule has 1 amide bonds. The quantitative estimate of drug-likeness (QED) is 0.698. The maximum atomic E-state index is 12.9. The molecule has 2 saturated heterocycles. The number of sulfonamides is 1. The summed E-state index contributed by atoms with van der Waals surface area (Å²) in [5.74, 6) is 0.122. The molecule has 1 aromatic carbocycles. The number of piperazine rings is 1. The minimum Gasteiger partial charge on any atom is -0.383 e. The van der Waals surface area contributed by atoms with Gasteiger partial charge in [0, 0.05) is 51.4 Å². The van der Waals surface area contributed by atoms with Crippen molar-refractivity contribution in [1.82, 2.24) is 14.1 Å². The number of benzene rings is 1. The summed E-state index contributed by atoms with van der Waals surface area (Å²) < 4.78 is 32.3. The summed E-state index contributed by atoms with van der Waals surface area (Å²) >= 11 is 6.01. The normalized spacial score (nSPS) is 22.6. The largest absolute Gasteiger partial charge is 0.383 e. The number of nitrogens with zero attached hydrogens (tertiary/aromatic N) is 3. The minimum atomic E-state index is -3.55. The summed E-state index contributed by atoms with van der Waals surface area (Å²) in [4.78, 5) is 16.8. The van der Waals surface area contributed by atoms with Crippen molar-refractivity contribution in [2.75, 3.05) is 53.0 Å². The Morgan fingerprint density at radius 3 is 2.52 bits per heavy atom. The molecule has 0 radical (unpaired) electrons. The van der Waals surface area contributed by atoms with Crippen LogP contribution in [-0.2, 0) is 19.6 Å². The van der Waals surface area contributed by atoms with Crippen LogP contribution in [0.3, 0.4) is 0 Å². The molecule has 2 aliphatic heterocycles. The zero-order valence-electron chi connectivity index (χ0n) is 15.7. The Morgan fingerprint density at radius 2 is 1.89 bits per heavy atom. The van der Waals surface area contributed by atoms with Gasteiger partial charge in [-0.2, -0.15) is 4.31 Å². The van der Waals surface area contributed by atoms with E-state index in [1.807, 2.05) is 4.90 Å². The number of rotatable bonds is 6. The number of likely N-dealkylation sites (tertiary alicyclic amines) is 1. The van der Waals surface area contributed by atoms with Crippen LogP contribution >= 0.6 is 11.6 Å². The molecule has 2 heterocycles. The first-order valence-electron chi connectivity index (χ1n) is 9.12. The number of hydrogen-bond donors (Lipinski definition) is 0. The number of methoxy groups -OCH3 is 1. The summed E-state index contributed by atoms with van der Waals surface area (Å²) in [5.41, 5.74) is 0.740. The monoisotopic (exact) mass is 415 g/mol. The van der Waals surface area contributed by atoms with E-state index < -0.39 is 10.0 Å². The molecule has 0 spiro atoms. The zero-order valence-corrected chi connectivity index (χ0v) is 17.3. The highest BCUT2D eigenvalue weighted by molar-refractivity contribution is 7.89. The predicted octanol–water partition coefficient (Wildman–Crippen LogP) is 1.20. The lowest BCUT2D eigenvalue weighted by molar-refractivity contribution is -0.133. The van der Waals surface area contributed by atoms with E-state index >= 15 is 0 Å². The molecule has 0 N–H and O–H groups in total. The van der Waals surface area contributed by atoms with Gasteiger partial charge in [-0.25, -0.2) is 8.42 Å². The standard InChI is InChI=1S/C18H26ClN3O4S/c1-14-13-15(3-4-16(14)19)27(24,25)22-9-7-20(8-10-22)17-5-6-21(18(17)23)11-12-26-2/h3-4,13,17H,5-12H2,1-2H3.